The molecule has 28 heavy (non-hydrogen) atoms. The number of ether oxygens (including phenoxy) is 2. The van der Waals surface area contributed by atoms with Crippen molar-refractivity contribution in [3.63, 3.8) is 0 Å². The summed E-state index contributed by atoms with van der Waals surface area (Å²) in [5.41, 5.74) is -1.14. The van der Waals surface area contributed by atoms with Crippen molar-refractivity contribution in [1.82, 2.24) is 0 Å². The number of benzene rings is 2. The Bertz CT molecular complexity index is 840. The lowest BCUT2D eigenvalue weighted by atomic mass is 9.75. The van der Waals surface area contributed by atoms with Crippen LogP contribution in [-0.4, -0.2) is 24.3 Å². The molecule has 0 heterocycles. The van der Waals surface area contributed by atoms with Crippen molar-refractivity contribution >= 4 is 16.7 Å². The van der Waals surface area contributed by atoms with Gasteiger partial charge in [-0.1, -0.05) is 45.4 Å². The molecule has 1 aliphatic rings. The first kappa shape index (κ1) is 20.7. The van der Waals surface area contributed by atoms with Gasteiger partial charge >= 0.3 is 5.97 Å². The standard InChI is InChI=1S/C24H32O4/c1-15(2)21-11-6-16(3)12-22(21)28-23(25)24(4,26)19-9-7-18-14-20(27-5)10-8-17(18)13-19/h7-10,13-16,21-22,26H,6,11-12H2,1-5H3/t16-,21-,22-,24+/m1/s1. The second kappa shape index (κ2) is 8.12. The summed E-state index contributed by atoms with van der Waals surface area (Å²) in [5.74, 6) is 1.54. The van der Waals surface area contributed by atoms with Crippen molar-refractivity contribution in [2.45, 2.75) is 58.7 Å². The van der Waals surface area contributed by atoms with Crippen LogP contribution in [0.4, 0.5) is 0 Å². The van der Waals surface area contributed by atoms with E-state index in [1.54, 1.807) is 13.2 Å². The highest BCUT2D eigenvalue weighted by atomic mass is 16.6. The first-order chi connectivity index (χ1) is 13.2. The van der Waals surface area contributed by atoms with E-state index in [0.29, 0.717) is 23.3 Å². The van der Waals surface area contributed by atoms with E-state index in [1.165, 1.54) is 13.3 Å². The monoisotopic (exact) mass is 384 g/mol. The van der Waals surface area contributed by atoms with Gasteiger partial charge in [0.05, 0.1) is 7.11 Å². The molecule has 0 unspecified atom stereocenters. The molecule has 4 heteroatoms. The van der Waals surface area contributed by atoms with Crippen LogP contribution in [0.2, 0.25) is 0 Å². The minimum Gasteiger partial charge on any atom is -0.497 e. The van der Waals surface area contributed by atoms with E-state index in [9.17, 15) is 9.90 Å². The maximum Gasteiger partial charge on any atom is 0.342 e. The fourth-order valence-corrected chi connectivity index (χ4v) is 4.27. The van der Waals surface area contributed by atoms with Gasteiger partial charge in [0.25, 0.3) is 0 Å². The molecule has 0 aliphatic heterocycles. The number of rotatable bonds is 5. The minimum atomic E-state index is -1.68. The normalized spacial score (nSPS) is 24.8. The van der Waals surface area contributed by atoms with Crippen molar-refractivity contribution in [2.24, 2.45) is 17.8 Å². The molecule has 0 saturated heterocycles. The lowest BCUT2D eigenvalue weighted by molar-refractivity contribution is -0.177. The predicted octanol–water partition coefficient (Wildman–Crippen LogP) is 5.06. The van der Waals surface area contributed by atoms with E-state index in [4.69, 9.17) is 9.47 Å². The van der Waals surface area contributed by atoms with Crippen LogP contribution in [0.15, 0.2) is 36.4 Å². The van der Waals surface area contributed by atoms with Gasteiger partial charge in [-0.2, -0.15) is 0 Å². The first-order valence-electron chi connectivity index (χ1n) is 10.2. The second-order valence-electron chi connectivity index (χ2n) is 8.77. The topological polar surface area (TPSA) is 55.8 Å². The summed E-state index contributed by atoms with van der Waals surface area (Å²) < 4.78 is 11.2. The quantitative estimate of drug-likeness (QED) is 0.732. The Morgan fingerprint density at radius 1 is 1.14 bits per heavy atom. The SMILES string of the molecule is COc1ccc2cc([C@](C)(O)C(=O)O[C@@H]3C[C@H](C)CC[C@@H]3C(C)C)ccc2c1. The molecule has 1 N–H and O–H groups in total. The average molecular weight is 385 g/mol. The summed E-state index contributed by atoms with van der Waals surface area (Å²) in [6.07, 6.45) is 2.97. The number of aliphatic hydroxyl groups is 1. The number of methoxy groups -OCH3 is 1. The molecule has 0 radical (unpaired) electrons. The van der Waals surface area contributed by atoms with Crippen molar-refractivity contribution in [1.29, 1.82) is 0 Å². The minimum absolute atomic E-state index is 0.132. The molecule has 2 aromatic carbocycles. The maximum atomic E-state index is 13.0. The summed E-state index contributed by atoms with van der Waals surface area (Å²) in [6, 6.07) is 11.3. The molecular formula is C24H32O4. The molecule has 1 saturated carbocycles. The van der Waals surface area contributed by atoms with Gasteiger partial charge in [0, 0.05) is 0 Å². The van der Waals surface area contributed by atoms with Gasteiger partial charge in [-0.25, -0.2) is 4.79 Å². The molecule has 152 valence electrons. The summed E-state index contributed by atoms with van der Waals surface area (Å²) in [6.45, 7) is 8.08. The molecule has 4 nitrogen and oxygen atoms in total. The van der Waals surface area contributed by atoms with E-state index in [0.717, 1.165) is 29.4 Å². The zero-order valence-corrected chi connectivity index (χ0v) is 17.6. The van der Waals surface area contributed by atoms with Crippen LogP contribution in [0.1, 0.15) is 52.5 Å². The van der Waals surface area contributed by atoms with Crippen LogP contribution in [0.25, 0.3) is 10.8 Å². The van der Waals surface area contributed by atoms with E-state index >= 15 is 0 Å². The number of hydrogen-bond donors (Lipinski definition) is 1. The summed E-state index contributed by atoms with van der Waals surface area (Å²) in [5, 5.41) is 13.0. The van der Waals surface area contributed by atoms with Gasteiger partial charge in [-0.05, 0) is 72.1 Å². The van der Waals surface area contributed by atoms with Gasteiger partial charge in [-0.3, -0.25) is 0 Å². The van der Waals surface area contributed by atoms with Crippen LogP contribution in [0, 0.1) is 17.8 Å². The molecule has 0 bridgehead atoms. The third-order valence-electron chi connectivity index (χ3n) is 6.23. The van der Waals surface area contributed by atoms with Gasteiger partial charge in [0.15, 0.2) is 5.60 Å². The largest absolute Gasteiger partial charge is 0.497 e. The Balaban J connectivity index is 1.82. The van der Waals surface area contributed by atoms with Crippen LogP contribution in [0.3, 0.4) is 0 Å². The average Bonchev–Trinajstić information content (AvgIpc) is 2.66. The molecule has 0 aromatic heterocycles. The Morgan fingerprint density at radius 3 is 2.50 bits per heavy atom. The molecular weight excluding hydrogens is 352 g/mol. The Morgan fingerprint density at radius 2 is 1.82 bits per heavy atom. The van der Waals surface area contributed by atoms with Crippen LogP contribution in [0.5, 0.6) is 5.75 Å². The number of esters is 1. The van der Waals surface area contributed by atoms with E-state index in [1.807, 2.05) is 30.3 Å². The fourth-order valence-electron chi connectivity index (χ4n) is 4.27. The van der Waals surface area contributed by atoms with Gasteiger partial charge in [0.1, 0.15) is 11.9 Å². The maximum absolute atomic E-state index is 13.0. The van der Waals surface area contributed by atoms with E-state index < -0.39 is 11.6 Å². The summed E-state index contributed by atoms with van der Waals surface area (Å²) in [4.78, 5) is 13.0. The Labute approximate surface area is 167 Å². The van der Waals surface area contributed by atoms with E-state index in [-0.39, 0.29) is 6.10 Å². The Kier molecular flexibility index (Phi) is 5.99. The van der Waals surface area contributed by atoms with Crippen molar-refractivity contribution < 1.29 is 19.4 Å². The van der Waals surface area contributed by atoms with Crippen LogP contribution < -0.4 is 4.74 Å². The first-order valence-corrected chi connectivity index (χ1v) is 10.2. The molecule has 1 fully saturated rings. The smallest absolute Gasteiger partial charge is 0.342 e. The molecule has 3 rings (SSSR count). The number of carbonyl (C=O) groups excluding carboxylic acids is 1. The van der Waals surface area contributed by atoms with Crippen molar-refractivity contribution in [2.75, 3.05) is 7.11 Å². The van der Waals surface area contributed by atoms with Crippen LogP contribution >= 0.6 is 0 Å². The molecule has 1 aliphatic carbocycles. The molecule has 2 aromatic rings. The zero-order valence-electron chi connectivity index (χ0n) is 17.6. The van der Waals surface area contributed by atoms with Crippen molar-refractivity contribution in [3.8, 4) is 5.75 Å². The third kappa shape index (κ3) is 4.17. The molecule has 0 spiro atoms. The summed E-state index contributed by atoms with van der Waals surface area (Å²) >= 11 is 0. The highest BCUT2D eigenvalue weighted by Gasteiger charge is 2.40. The highest BCUT2D eigenvalue weighted by molar-refractivity contribution is 5.87. The number of carbonyl (C=O) groups is 1. The van der Waals surface area contributed by atoms with Crippen molar-refractivity contribution in [3.05, 3.63) is 42.0 Å². The fraction of sp³-hybridized carbons (Fsp3) is 0.542. The zero-order chi connectivity index (χ0) is 20.5. The van der Waals surface area contributed by atoms with Gasteiger partial charge < -0.3 is 14.6 Å². The molecule has 0 amide bonds. The lowest BCUT2D eigenvalue weighted by Crippen LogP contribution is -2.42. The number of fused-ring (bicyclic) bond motifs is 1. The highest BCUT2D eigenvalue weighted by Crippen LogP contribution is 2.37. The molecule has 4 atom stereocenters. The number of hydrogen-bond acceptors (Lipinski definition) is 4. The van der Waals surface area contributed by atoms with Gasteiger partial charge in [-0.15, -0.1) is 0 Å². The second-order valence-corrected chi connectivity index (χ2v) is 8.77. The Hall–Kier alpha value is -2.07. The predicted molar refractivity (Wildman–Crippen MR) is 111 cm³/mol. The summed E-state index contributed by atoms with van der Waals surface area (Å²) in [7, 11) is 1.63. The van der Waals surface area contributed by atoms with Gasteiger partial charge in [0.2, 0.25) is 0 Å². The van der Waals surface area contributed by atoms with Crippen LogP contribution in [-0.2, 0) is 15.1 Å². The third-order valence-corrected chi connectivity index (χ3v) is 6.23. The van der Waals surface area contributed by atoms with E-state index in [2.05, 4.69) is 20.8 Å². The lowest BCUT2D eigenvalue weighted by Gasteiger charge is -2.38.